The Hall–Kier alpha value is 1.29. The molecular weight excluding hydrogens is 298 g/mol. The van der Waals surface area contributed by atoms with Crippen LogP contribution in [-0.2, 0) is 24.4 Å². The van der Waals surface area contributed by atoms with Crippen LogP contribution >= 0.6 is 0 Å². The number of nitrogens with zero attached hydrogens (tertiary/aromatic N) is 1. The van der Waals surface area contributed by atoms with Gasteiger partial charge in [0.2, 0.25) is 0 Å². The molecular formula is C5H10F3KNO4S2+. The Labute approximate surface area is 135 Å². The molecule has 0 aliphatic carbocycles. The van der Waals surface area contributed by atoms with Crippen LogP contribution in [0.2, 0.25) is 0 Å². The molecule has 0 aliphatic heterocycles. The number of sulfonamides is 1. The minimum absolute atomic E-state index is 0. The molecule has 0 bridgehead atoms. The maximum atomic E-state index is 11.9. The summed E-state index contributed by atoms with van der Waals surface area (Å²) >= 11 is 0. The van der Waals surface area contributed by atoms with E-state index in [4.69, 9.17) is 0 Å². The van der Waals surface area contributed by atoms with Gasteiger partial charge < -0.3 is 0 Å². The third kappa shape index (κ3) is 6.89. The molecule has 0 aromatic carbocycles. The first kappa shape index (κ1) is 19.6. The van der Waals surface area contributed by atoms with E-state index in [9.17, 15) is 25.9 Å². The summed E-state index contributed by atoms with van der Waals surface area (Å²) in [6, 6.07) is 0. The zero-order chi connectivity index (χ0) is 12.1. The molecule has 5 nitrogen and oxygen atoms in total. The fourth-order valence-electron chi connectivity index (χ4n) is 0.594. The Bertz CT molecular complexity index is 404. The average molecular weight is 308 g/mol. The molecule has 0 amide bonds. The number of alkyl halides is 2. The van der Waals surface area contributed by atoms with E-state index in [0.29, 0.717) is 6.42 Å². The third-order valence-corrected chi connectivity index (χ3v) is 4.46. The van der Waals surface area contributed by atoms with Gasteiger partial charge in [-0.15, -0.1) is 0 Å². The van der Waals surface area contributed by atoms with Crippen molar-refractivity contribution in [3.05, 3.63) is 0 Å². The average Bonchev–Trinajstić information content (AvgIpc) is 2.13. The van der Waals surface area contributed by atoms with Crippen molar-refractivity contribution in [2.75, 3.05) is 5.75 Å². The van der Waals surface area contributed by atoms with E-state index in [1.165, 1.54) is 0 Å². The SMILES string of the molecule is CCCCS(=O)(=O)N=S(=O)(OF)C(F)F.[K+]. The number of hydrogen-bond donors (Lipinski definition) is 0. The standard InChI is InChI=1S/C5H10F3NO4S2.K/c1-2-3-4-14(10,11)9-15(12,13-8)5(6)7;/h5H,2-4H2,1H3;/q;+1. The minimum Gasteiger partial charge on any atom is -0.211 e. The molecule has 0 saturated heterocycles. The van der Waals surface area contributed by atoms with Crippen molar-refractivity contribution in [1.82, 2.24) is 0 Å². The number of hydrogen-bond acceptors (Lipinski definition) is 4. The summed E-state index contributed by atoms with van der Waals surface area (Å²) in [6.07, 6.45) is 0.623. The molecule has 0 rings (SSSR count). The minimum atomic E-state index is -5.09. The summed E-state index contributed by atoms with van der Waals surface area (Å²) < 4.78 is 72.7. The van der Waals surface area contributed by atoms with Gasteiger partial charge in [0.1, 0.15) is 0 Å². The van der Waals surface area contributed by atoms with Gasteiger partial charge in [-0.2, -0.15) is 8.78 Å². The topological polar surface area (TPSA) is 72.8 Å². The molecule has 0 saturated carbocycles. The van der Waals surface area contributed by atoms with Crippen LogP contribution in [0.25, 0.3) is 0 Å². The molecule has 1 atom stereocenters. The Morgan fingerprint density at radius 3 is 2.12 bits per heavy atom. The molecule has 0 aliphatic rings. The molecule has 1 unspecified atom stereocenters. The van der Waals surface area contributed by atoms with Crippen molar-refractivity contribution >= 4 is 20.0 Å². The predicted octanol–water partition coefficient (Wildman–Crippen LogP) is -1.37. The van der Waals surface area contributed by atoms with Gasteiger partial charge in [0.25, 0.3) is 20.0 Å². The van der Waals surface area contributed by atoms with Crippen LogP contribution in [-0.4, -0.2) is 24.1 Å². The van der Waals surface area contributed by atoms with Gasteiger partial charge in [0.15, 0.2) is 0 Å². The molecule has 92 valence electrons. The van der Waals surface area contributed by atoms with Crippen LogP contribution in [0.4, 0.5) is 13.3 Å². The first-order chi connectivity index (χ1) is 6.77. The molecule has 0 N–H and O–H groups in total. The summed E-state index contributed by atoms with van der Waals surface area (Å²) in [5.74, 6) is -4.39. The largest absolute Gasteiger partial charge is 1.00 e. The maximum absolute atomic E-state index is 11.9. The number of unbranched alkanes of at least 4 members (excludes halogenated alkanes) is 1. The Morgan fingerprint density at radius 1 is 1.31 bits per heavy atom. The first-order valence-electron chi connectivity index (χ1n) is 3.85. The molecule has 0 radical (unpaired) electrons. The smallest absolute Gasteiger partial charge is 0.211 e. The summed E-state index contributed by atoms with van der Waals surface area (Å²) in [7, 11) is -9.45. The van der Waals surface area contributed by atoms with Crippen molar-refractivity contribution in [2.24, 2.45) is 3.77 Å². The van der Waals surface area contributed by atoms with Gasteiger partial charge in [-0.25, -0.2) is 12.6 Å². The van der Waals surface area contributed by atoms with Crippen LogP contribution in [0.15, 0.2) is 3.77 Å². The monoisotopic (exact) mass is 308 g/mol. The molecule has 0 aromatic heterocycles. The van der Waals surface area contributed by atoms with Gasteiger partial charge in [-0.3, -0.25) is 0 Å². The summed E-state index contributed by atoms with van der Waals surface area (Å²) in [4.78, 5) is 0. The molecule has 11 heteroatoms. The van der Waals surface area contributed by atoms with Crippen molar-refractivity contribution in [3.8, 4) is 0 Å². The fourth-order valence-corrected chi connectivity index (χ4v) is 3.22. The van der Waals surface area contributed by atoms with Crippen molar-refractivity contribution in [1.29, 1.82) is 0 Å². The van der Waals surface area contributed by atoms with E-state index in [1.54, 1.807) is 6.92 Å². The molecule has 0 fully saturated rings. The number of halogens is 3. The Balaban J connectivity index is 0. The van der Waals surface area contributed by atoms with Crippen LogP contribution in [0.1, 0.15) is 19.8 Å². The third-order valence-electron chi connectivity index (χ3n) is 1.29. The quantitative estimate of drug-likeness (QED) is 0.567. The van der Waals surface area contributed by atoms with Crippen molar-refractivity contribution < 1.29 is 81.7 Å². The predicted molar refractivity (Wildman–Crippen MR) is 47.5 cm³/mol. The van der Waals surface area contributed by atoms with Crippen molar-refractivity contribution in [3.63, 3.8) is 0 Å². The molecule has 0 spiro atoms. The second-order valence-corrected chi connectivity index (χ2v) is 6.23. The van der Waals surface area contributed by atoms with Gasteiger partial charge in [-0.1, -0.05) is 21.5 Å². The normalized spacial score (nSPS) is 15.3. The van der Waals surface area contributed by atoms with Crippen LogP contribution in [0, 0.1) is 0 Å². The second kappa shape index (κ2) is 8.40. The van der Waals surface area contributed by atoms with E-state index in [-0.39, 0.29) is 57.8 Å². The molecule has 0 aromatic rings. The Morgan fingerprint density at radius 2 is 1.81 bits per heavy atom. The van der Waals surface area contributed by atoms with E-state index < -0.39 is 31.5 Å². The van der Waals surface area contributed by atoms with E-state index in [2.05, 4.69) is 8.16 Å². The van der Waals surface area contributed by atoms with Crippen LogP contribution in [0.3, 0.4) is 0 Å². The van der Waals surface area contributed by atoms with Gasteiger partial charge in [0, 0.05) is 0 Å². The summed E-state index contributed by atoms with van der Waals surface area (Å²) in [6.45, 7) is 1.66. The first-order valence-corrected chi connectivity index (χ1v) is 6.97. The van der Waals surface area contributed by atoms with Crippen LogP contribution < -0.4 is 51.4 Å². The second-order valence-electron chi connectivity index (χ2n) is 2.55. The Kier molecular flexibility index (Phi) is 10.3. The fraction of sp³-hybridized carbons (Fsp3) is 1.00. The maximum Gasteiger partial charge on any atom is 1.00 e. The molecule has 16 heavy (non-hydrogen) atoms. The number of rotatable bonds is 6. The zero-order valence-electron chi connectivity index (χ0n) is 8.73. The zero-order valence-corrected chi connectivity index (χ0v) is 13.5. The van der Waals surface area contributed by atoms with Gasteiger partial charge >= 0.3 is 57.1 Å². The van der Waals surface area contributed by atoms with E-state index in [1.807, 2.05) is 0 Å². The van der Waals surface area contributed by atoms with Gasteiger partial charge in [-0.05, 0) is 10.9 Å². The van der Waals surface area contributed by atoms with E-state index >= 15 is 0 Å². The summed E-state index contributed by atoms with van der Waals surface area (Å²) in [5, 5.41) is 0. The van der Waals surface area contributed by atoms with Gasteiger partial charge in [0.05, 0.1) is 5.75 Å². The van der Waals surface area contributed by atoms with Crippen molar-refractivity contribution in [2.45, 2.75) is 25.5 Å². The van der Waals surface area contributed by atoms with Crippen LogP contribution in [0.5, 0.6) is 0 Å². The molecule has 0 heterocycles. The van der Waals surface area contributed by atoms with E-state index in [0.717, 1.165) is 0 Å². The summed E-state index contributed by atoms with van der Waals surface area (Å²) in [5.41, 5.74) is 0.